The summed E-state index contributed by atoms with van der Waals surface area (Å²) in [6.07, 6.45) is 2.85. The molecule has 1 N–H and O–H groups in total. The van der Waals surface area contributed by atoms with Crippen molar-refractivity contribution in [1.29, 1.82) is 0 Å². The molecule has 1 aromatic heterocycles. The smallest absolute Gasteiger partial charge is 0.218 e. The molecule has 5 heteroatoms. The van der Waals surface area contributed by atoms with Crippen LogP contribution < -0.4 is 10.1 Å². The molecule has 0 aliphatic carbocycles. The quantitative estimate of drug-likeness (QED) is 0.849. The zero-order valence-electron chi connectivity index (χ0n) is 9.20. The van der Waals surface area contributed by atoms with Crippen LogP contribution in [0.5, 0.6) is 5.88 Å². The maximum Gasteiger partial charge on any atom is 0.218 e. The van der Waals surface area contributed by atoms with Crippen LogP contribution in [0.1, 0.15) is 12.0 Å². The van der Waals surface area contributed by atoms with Gasteiger partial charge in [0.05, 0.1) is 13.7 Å². The summed E-state index contributed by atoms with van der Waals surface area (Å²) in [5, 5.41) is 3.46. The number of aromatic nitrogens is 1. The Kier molecular flexibility index (Phi) is 4.37. The summed E-state index contributed by atoms with van der Waals surface area (Å²) < 4.78 is 11.8. The maximum atomic E-state index is 5.32. The average molecular weight is 334 g/mol. The predicted octanol–water partition coefficient (Wildman–Crippen LogP) is 1.57. The van der Waals surface area contributed by atoms with Gasteiger partial charge in [0, 0.05) is 34.5 Å². The zero-order chi connectivity index (χ0) is 11.4. The van der Waals surface area contributed by atoms with Crippen LogP contribution >= 0.6 is 22.6 Å². The van der Waals surface area contributed by atoms with Crippen molar-refractivity contribution in [2.45, 2.75) is 19.0 Å². The van der Waals surface area contributed by atoms with Gasteiger partial charge < -0.3 is 14.8 Å². The van der Waals surface area contributed by atoms with Crippen molar-refractivity contribution < 1.29 is 9.47 Å². The largest absolute Gasteiger partial charge is 0.481 e. The Morgan fingerprint density at radius 2 is 2.56 bits per heavy atom. The van der Waals surface area contributed by atoms with Crippen molar-refractivity contribution in [3.63, 3.8) is 0 Å². The minimum atomic E-state index is 0.459. The molecule has 1 atom stereocenters. The molecule has 2 rings (SSSR count). The number of methoxy groups -OCH3 is 1. The zero-order valence-corrected chi connectivity index (χ0v) is 11.4. The number of hydrogen-bond donors (Lipinski definition) is 1. The summed E-state index contributed by atoms with van der Waals surface area (Å²) in [7, 11) is 1.65. The van der Waals surface area contributed by atoms with E-state index in [9.17, 15) is 0 Å². The molecule has 1 unspecified atom stereocenters. The molecule has 4 nitrogen and oxygen atoms in total. The fraction of sp³-hybridized carbons (Fsp3) is 0.545. The lowest BCUT2D eigenvalue weighted by molar-refractivity contribution is 0.189. The summed E-state index contributed by atoms with van der Waals surface area (Å²) in [4.78, 5) is 4.20. The van der Waals surface area contributed by atoms with Crippen LogP contribution in [0.3, 0.4) is 0 Å². The van der Waals surface area contributed by atoms with Gasteiger partial charge in [-0.3, -0.25) is 0 Å². The van der Waals surface area contributed by atoms with Crippen LogP contribution in [0.2, 0.25) is 0 Å². The van der Waals surface area contributed by atoms with Gasteiger partial charge in [0.15, 0.2) is 0 Å². The van der Waals surface area contributed by atoms with Crippen molar-refractivity contribution in [3.05, 3.63) is 21.4 Å². The molecular formula is C11H15IN2O2. The van der Waals surface area contributed by atoms with Gasteiger partial charge in [0.2, 0.25) is 5.88 Å². The third-order valence-electron chi connectivity index (χ3n) is 2.65. The Bertz CT molecular complexity index is 354. The second kappa shape index (κ2) is 5.79. The van der Waals surface area contributed by atoms with Crippen LogP contribution in [0.25, 0.3) is 0 Å². The van der Waals surface area contributed by atoms with Gasteiger partial charge in [-0.25, -0.2) is 4.98 Å². The maximum absolute atomic E-state index is 5.32. The molecule has 0 aromatic carbocycles. The molecule has 88 valence electrons. The molecule has 0 amide bonds. The standard InChI is InChI=1S/C11H15IN2O2/c1-15-11-9(10(12)2-4-13-11)6-14-8-3-5-16-7-8/h2,4,8,14H,3,5-7H2,1H3. The fourth-order valence-corrected chi connectivity index (χ4v) is 2.31. The summed E-state index contributed by atoms with van der Waals surface area (Å²) in [6, 6.07) is 2.45. The van der Waals surface area contributed by atoms with Gasteiger partial charge >= 0.3 is 0 Å². The summed E-state index contributed by atoms with van der Waals surface area (Å²) in [5.41, 5.74) is 1.12. The number of pyridine rings is 1. The third kappa shape index (κ3) is 2.83. The fourth-order valence-electron chi connectivity index (χ4n) is 1.73. The van der Waals surface area contributed by atoms with E-state index in [-0.39, 0.29) is 0 Å². The second-order valence-electron chi connectivity index (χ2n) is 3.72. The molecule has 0 saturated carbocycles. The predicted molar refractivity (Wildman–Crippen MR) is 69.6 cm³/mol. The normalized spacial score (nSPS) is 20.0. The second-order valence-corrected chi connectivity index (χ2v) is 4.88. The Labute approximate surface area is 109 Å². The highest BCUT2D eigenvalue weighted by Gasteiger charge is 2.16. The van der Waals surface area contributed by atoms with Gasteiger partial charge in [-0.05, 0) is 35.1 Å². The van der Waals surface area contributed by atoms with E-state index >= 15 is 0 Å². The molecule has 1 saturated heterocycles. The molecule has 0 spiro atoms. The molecule has 1 aliphatic heterocycles. The molecule has 1 fully saturated rings. The average Bonchev–Trinajstić information content (AvgIpc) is 2.80. The van der Waals surface area contributed by atoms with Crippen molar-refractivity contribution >= 4 is 22.6 Å². The third-order valence-corrected chi connectivity index (χ3v) is 3.66. The van der Waals surface area contributed by atoms with Gasteiger partial charge in [-0.15, -0.1) is 0 Å². The van der Waals surface area contributed by atoms with Crippen molar-refractivity contribution in [2.75, 3.05) is 20.3 Å². The van der Waals surface area contributed by atoms with Crippen LogP contribution in [0.4, 0.5) is 0 Å². The van der Waals surface area contributed by atoms with E-state index in [1.807, 2.05) is 6.07 Å². The number of hydrogen-bond acceptors (Lipinski definition) is 4. The highest BCUT2D eigenvalue weighted by atomic mass is 127. The van der Waals surface area contributed by atoms with Crippen molar-refractivity contribution in [1.82, 2.24) is 10.3 Å². The lowest BCUT2D eigenvalue weighted by atomic mass is 10.2. The van der Waals surface area contributed by atoms with Gasteiger partial charge in [0.1, 0.15) is 0 Å². The number of ether oxygens (including phenoxy) is 2. The first-order valence-corrected chi connectivity index (χ1v) is 6.37. The van der Waals surface area contributed by atoms with Gasteiger partial charge in [0.25, 0.3) is 0 Å². The van der Waals surface area contributed by atoms with Crippen LogP contribution in [-0.2, 0) is 11.3 Å². The first-order valence-electron chi connectivity index (χ1n) is 5.29. The van der Waals surface area contributed by atoms with E-state index < -0.39 is 0 Å². The van der Waals surface area contributed by atoms with E-state index in [1.165, 1.54) is 3.57 Å². The van der Waals surface area contributed by atoms with Gasteiger partial charge in [-0.2, -0.15) is 0 Å². The molecule has 0 bridgehead atoms. The van der Waals surface area contributed by atoms with Crippen LogP contribution in [-0.4, -0.2) is 31.3 Å². The van der Waals surface area contributed by atoms with Crippen LogP contribution in [0.15, 0.2) is 12.3 Å². The first-order chi connectivity index (χ1) is 7.81. The van der Waals surface area contributed by atoms with Crippen LogP contribution in [0, 0.1) is 3.57 Å². The van der Waals surface area contributed by atoms with Crippen molar-refractivity contribution in [2.24, 2.45) is 0 Å². The monoisotopic (exact) mass is 334 g/mol. The first kappa shape index (κ1) is 12.1. The van der Waals surface area contributed by atoms with E-state index in [4.69, 9.17) is 9.47 Å². The molecular weight excluding hydrogens is 319 g/mol. The summed E-state index contributed by atoms with van der Waals surface area (Å²) in [6.45, 7) is 2.45. The molecule has 1 aromatic rings. The Morgan fingerprint density at radius 1 is 1.69 bits per heavy atom. The molecule has 1 aliphatic rings. The minimum Gasteiger partial charge on any atom is -0.481 e. The van der Waals surface area contributed by atoms with E-state index in [0.717, 1.165) is 31.7 Å². The number of nitrogens with one attached hydrogen (secondary N) is 1. The topological polar surface area (TPSA) is 43.4 Å². The Morgan fingerprint density at radius 3 is 3.25 bits per heavy atom. The Balaban J connectivity index is 2.01. The minimum absolute atomic E-state index is 0.459. The van der Waals surface area contributed by atoms with E-state index in [1.54, 1.807) is 13.3 Å². The highest BCUT2D eigenvalue weighted by molar-refractivity contribution is 14.1. The van der Waals surface area contributed by atoms with Gasteiger partial charge in [-0.1, -0.05) is 0 Å². The lowest BCUT2D eigenvalue weighted by Crippen LogP contribution is -2.29. The SMILES string of the molecule is COc1nccc(I)c1CNC1CCOC1. The molecule has 2 heterocycles. The lowest BCUT2D eigenvalue weighted by Gasteiger charge is -2.13. The number of halogens is 1. The Hall–Kier alpha value is -0.400. The number of nitrogens with zero attached hydrogens (tertiary/aromatic N) is 1. The van der Waals surface area contributed by atoms with E-state index in [2.05, 4.69) is 32.9 Å². The highest BCUT2D eigenvalue weighted by Crippen LogP contribution is 2.21. The molecule has 16 heavy (non-hydrogen) atoms. The summed E-state index contributed by atoms with van der Waals surface area (Å²) >= 11 is 2.30. The summed E-state index contributed by atoms with van der Waals surface area (Å²) in [5.74, 6) is 0.707. The number of rotatable bonds is 4. The van der Waals surface area contributed by atoms with Crippen molar-refractivity contribution in [3.8, 4) is 5.88 Å². The molecule has 0 radical (unpaired) electrons. The van der Waals surface area contributed by atoms with E-state index in [0.29, 0.717) is 11.9 Å².